The molecule has 0 bridgehead atoms. The van der Waals surface area contributed by atoms with E-state index in [4.69, 9.17) is 9.16 Å². The standard InChI is InChI=1S/C20H34O7Si/c1-17(2,3)28(6,7)27-15-10-13(12-21)11-19(25)18(4,24)9-8-14(22)20(15,19)16(23)26-5/h11-12,14-15,22,24-25H,8-10H2,1-7H3/t14-,15+,18-,19+,20-/m0/s1. The molecule has 0 aromatic heterocycles. The van der Waals surface area contributed by atoms with Gasteiger partial charge in [0.15, 0.2) is 13.7 Å². The fourth-order valence-corrected chi connectivity index (χ4v) is 5.65. The summed E-state index contributed by atoms with van der Waals surface area (Å²) in [6, 6.07) is 0. The Morgan fingerprint density at radius 2 is 1.89 bits per heavy atom. The van der Waals surface area contributed by atoms with Crippen LogP contribution in [0.2, 0.25) is 18.1 Å². The Hall–Kier alpha value is -1.06. The van der Waals surface area contributed by atoms with E-state index in [0.29, 0.717) is 6.29 Å². The van der Waals surface area contributed by atoms with E-state index in [-0.39, 0.29) is 29.9 Å². The molecule has 0 heterocycles. The van der Waals surface area contributed by atoms with E-state index in [9.17, 15) is 24.9 Å². The van der Waals surface area contributed by atoms with Gasteiger partial charge in [-0.05, 0) is 49.5 Å². The maximum absolute atomic E-state index is 13.1. The number of carbonyl (C=O) groups is 2. The van der Waals surface area contributed by atoms with Gasteiger partial charge in [0.2, 0.25) is 0 Å². The van der Waals surface area contributed by atoms with E-state index >= 15 is 0 Å². The second-order valence-electron chi connectivity index (χ2n) is 9.86. The van der Waals surface area contributed by atoms with Gasteiger partial charge in [0.25, 0.3) is 0 Å². The number of carbonyl (C=O) groups excluding carboxylic acids is 2. The predicted octanol–water partition coefficient (Wildman–Crippen LogP) is 1.70. The maximum atomic E-state index is 13.1. The summed E-state index contributed by atoms with van der Waals surface area (Å²) in [6.45, 7) is 11.5. The molecule has 28 heavy (non-hydrogen) atoms. The Labute approximate surface area is 167 Å². The second kappa shape index (κ2) is 7.02. The first-order chi connectivity index (χ1) is 12.6. The van der Waals surface area contributed by atoms with Crippen LogP contribution in [-0.4, -0.2) is 66.4 Å². The van der Waals surface area contributed by atoms with Gasteiger partial charge >= 0.3 is 5.97 Å². The highest BCUT2D eigenvalue weighted by molar-refractivity contribution is 6.74. The molecule has 0 saturated heterocycles. The minimum atomic E-state index is -2.48. The average Bonchev–Trinajstić information content (AvgIpc) is 2.56. The van der Waals surface area contributed by atoms with Crippen LogP contribution in [0.15, 0.2) is 11.6 Å². The summed E-state index contributed by atoms with van der Waals surface area (Å²) in [5, 5.41) is 33.6. The number of aliphatic hydroxyl groups is 3. The minimum absolute atomic E-state index is 0.0422. The van der Waals surface area contributed by atoms with Crippen LogP contribution in [0.3, 0.4) is 0 Å². The fourth-order valence-electron chi connectivity index (χ4n) is 4.31. The monoisotopic (exact) mass is 414 g/mol. The maximum Gasteiger partial charge on any atom is 0.320 e. The quantitative estimate of drug-likeness (QED) is 0.364. The molecule has 0 amide bonds. The Kier molecular flexibility index (Phi) is 5.82. The normalized spacial score (nSPS) is 39.0. The molecule has 0 aromatic carbocycles. The van der Waals surface area contributed by atoms with E-state index in [1.807, 2.05) is 33.9 Å². The van der Waals surface area contributed by atoms with E-state index < -0.39 is 43.1 Å². The van der Waals surface area contributed by atoms with Crippen molar-refractivity contribution < 1.29 is 34.1 Å². The summed E-state index contributed by atoms with van der Waals surface area (Å²) < 4.78 is 11.5. The van der Waals surface area contributed by atoms with Gasteiger partial charge in [0, 0.05) is 6.42 Å². The molecule has 2 rings (SSSR count). The molecule has 5 atom stereocenters. The van der Waals surface area contributed by atoms with Crippen molar-refractivity contribution in [3.8, 4) is 0 Å². The zero-order valence-electron chi connectivity index (χ0n) is 17.9. The lowest BCUT2D eigenvalue weighted by molar-refractivity contribution is -0.270. The van der Waals surface area contributed by atoms with Gasteiger partial charge in [0.1, 0.15) is 11.9 Å². The molecule has 160 valence electrons. The number of aldehydes is 1. The fraction of sp³-hybridized carbons (Fsp3) is 0.800. The van der Waals surface area contributed by atoms with E-state index in [1.54, 1.807) is 0 Å². The van der Waals surface area contributed by atoms with Crippen molar-refractivity contribution in [3.05, 3.63) is 11.6 Å². The highest BCUT2D eigenvalue weighted by atomic mass is 28.4. The van der Waals surface area contributed by atoms with Gasteiger partial charge in [-0.1, -0.05) is 20.8 Å². The van der Waals surface area contributed by atoms with Crippen LogP contribution in [-0.2, 0) is 18.8 Å². The number of methoxy groups -OCH3 is 1. The van der Waals surface area contributed by atoms with Crippen LogP contribution in [0.25, 0.3) is 0 Å². The number of rotatable bonds is 4. The smallest absolute Gasteiger partial charge is 0.320 e. The molecule has 1 fully saturated rings. The molecule has 2 aliphatic rings. The molecule has 2 aliphatic carbocycles. The van der Waals surface area contributed by atoms with Crippen molar-refractivity contribution in [3.63, 3.8) is 0 Å². The Bertz CT molecular complexity index is 679. The third-order valence-electron chi connectivity index (χ3n) is 7.12. The number of ether oxygens (including phenoxy) is 1. The molecule has 7 nitrogen and oxygen atoms in total. The Morgan fingerprint density at radius 1 is 1.32 bits per heavy atom. The van der Waals surface area contributed by atoms with E-state index in [1.165, 1.54) is 20.1 Å². The summed E-state index contributed by atoms with van der Waals surface area (Å²) in [6.07, 6.45) is -0.323. The van der Waals surface area contributed by atoms with Gasteiger partial charge in [-0.3, -0.25) is 9.59 Å². The molecular formula is C20H34O7Si. The summed E-state index contributed by atoms with van der Waals surface area (Å²) in [5.41, 5.74) is -5.69. The highest BCUT2D eigenvalue weighted by Gasteiger charge is 2.74. The van der Waals surface area contributed by atoms with Gasteiger partial charge in [-0.2, -0.15) is 0 Å². The average molecular weight is 415 g/mol. The zero-order valence-corrected chi connectivity index (χ0v) is 18.9. The van der Waals surface area contributed by atoms with Crippen molar-refractivity contribution in [2.24, 2.45) is 5.41 Å². The van der Waals surface area contributed by atoms with Crippen LogP contribution in [0, 0.1) is 5.41 Å². The molecule has 0 unspecified atom stereocenters. The predicted molar refractivity (Wildman–Crippen MR) is 106 cm³/mol. The van der Waals surface area contributed by atoms with Gasteiger partial charge in [0.05, 0.1) is 24.9 Å². The van der Waals surface area contributed by atoms with Crippen molar-refractivity contribution in [1.29, 1.82) is 0 Å². The Morgan fingerprint density at radius 3 is 2.36 bits per heavy atom. The van der Waals surface area contributed by atoms with E-state index in [0.717, 1.165) is 0 Å². The van der Waals surface area contributed by atoms with Crippen LogP contribution in [0.5, 0.6) is 0 Å². The third kappa shape index (κ3) is 3.10. The van der Waals surface area contributed by atoms with E-state index in [2.05, 4.69) is 0 Å². The molecule has 1 saturated carbocycles. The lowest BCUT2D eigenvalue weighted by Gasteiger charge is -2.61. The minimum Gasteiger partial charge on any atom is -0.468 e. The molecule has 0 radical (unpaired) electrons. The molecule has 8 heteroatoms. The summed E-state index contributed by atoms with van der Waals surface area (Å²) in [4.78, 5) is 24.8. The first kappa shape index (κ1) is 23.2. The lowest BCUT2D eigenvalue weighted by Crippen LogP contribution is -2.77. The van der Waals surface area contributed by atoms with Crippen LogP contribution in [0.1, 0.15) is 47.0 Å². The number of hydrogen-bond acceptors (Lipinski definition) is 7. The zero-order chi connectivity index (χ0) is 21.8. The van der Waals surface area contributed by atoms with Gasteiger partial charge < -0.3 is 24.5 Å². The first-order valence-electron chi connectivity index (χ1n) is 9.66. The lowest BCUT2D eigenvalue weighted by atomic mass is 9.50. The highest BCUT2D eigenvalue weighted by Crippen LogP contribution is 2.58. The summed E-state index contributed by atoms with van der Waals surface area (Å²) >= 11 is 0. The topological polar surface area (TPSA) is 113 Å². The van der Waals surface area contributed by atoms with Crippen LogP contribution >= 0.6 is 0 Å². The number of aliphatic hydroxyl groups excluding tert-OH is 1. The third-order valence-corrected chi connectivity index (χ3v) is 11.6. The molecule has 0 aromatic rings. The van der Waals surface area contributed by atoms with Crippen molar-refractivity contribution in [2.45, 2.75) is 88.5 Å². The largest absolute Gasteiger partial charge is 0.468 e. The van der Waals surface area contributed by atoms with Crippen molar-refractivity contribution in [2.75, 3.05) is 7.11 Å². The first-order valence-corrected chi connectivity index (χ1v) is 12.6. The van der Waals surface area contributed by atoms with Crippen molar-refractivity contribution >= 4 is 20.6 Å². The van der Waals surface area contributed by atoms with Crippen molar-refractivity contribution in [1.82, 2.24) is 0 Å². The Balaban J connectivity index is 2.78. The van der Waals surface area contributed by atoms with Gasteiger partial charge in [-0.25, -0.2) is 0 Å². The molecule has 0 spiro atoms. The van der Waals surface area contributed by atoms with Gasteiger partial charge in [-0.15, -0.1) is 0 Å². The van der Waals surface area contributed by atoms with Crippen LogP contribution in [0.4, 0.5) is 0 Å². The second-order valence-corrected chi connectivity index (χ2v) is 14.6. The summed E-state index contributed by atoms with van der Waals surface area (Å²) in [5.74, 6) is -0.854. The number of hydrogen-bond donors (Lipinski definition) is 3. The SMILES string of the molecule is COC(=O)[C@@]12[C@@H](O)CC[C@](C)(O)[C@]1(O)C=C(C=O)C[C@H]2O[Si](C)(C)C(C)(C)C. The summed E-state index contributed by atoms with van der Waals surface area (Å²) in [7, 11) is -1.30. The molecule has 0 aliphatic heterocycles. The number of esters is 1. The van der Waals surface area contributed by atoms with Crippen LogP contribution < -0.4 is 0 Å². The molecular weight excluding hydrogens is 380 g/mol. The number of fused-ring (bicyclic) bond motifs is 1. The molecule has 3 N–H and O–H groups in total.